The molecule has 1 fully saturated rings. The van der Waals surface area contributed by atoms with Gasteiger partial charge in [0.1, 0.15) is 11.4 Å². The van der Waals surface area contributed by atoms with Gasteiger partial charge in [-0.1, -0.05) is 26.7 Å². The van der Waals surface area contributed by atoms with Gasteiger partial charge in [-0.3, -0.25) is 9.78 Å². The first-order chi connectivity index (χ1) is 13.5. The van der Waals surface area contributed by atoms with E-state index in [1.54, 1.807) is 23.1 Å². The van der Waals surface area contributed by atoms with Crippen LogP contribution in [0.3, 0.4) is 0 Å². The van der Waals surface area contributed by atoms with E-state index in [9.17, 15) is 4.79 Å². The van der Waals surface area contributed by atoms with Crippen molar-refractivity contribution in [2.24, 2.45) is 11.8 Å². The average Bonchev–Trinajstić information content (AvgIpc) is 3.15. The van der Waals surface area contributed by atoms with Gasteiger partial charge in [0.15, 0.2) is 5.65 Å². The lowest BCUT2D eigenvalue weighted by Crippen LogP contribution is -2.43. The summed E-state index contributed by atoms with van der Waals surface area (Å²) in [6, 6.07) is 5.93. The predicted molar refractivity (Wildman–Crippen MR) is 109 cm³/mol. The maximum absolute atomic E-state index is 13.0. The molecule has 7 heteroatoms. The van der Waals surface area contributed by atoms with E-state index in [-0.39, 0.29) is 11.9 Å². The molecule has 0 saturated heterocycles. The van der Waals surface area contributed by atoms with Gasteiger partial charge in [0.2, 0.25) is 0 Å². The summed E-state index contributed by atoms with van der Waals surface area (Å²) in [6.07, 6.45) is 10.4. The lowest BCUT2D eigenvalue weighted by atomic mass is 9.78. The van der Waals surface area contributed by atoms with E-state index in [1.165, 1.54) is 6.42 Å². The van der Waals surface area contributed by atoms with Gasteiger partial charge in [-0.15, -0.1) is 0 Å². The molecule has 3 unspecified atom stereocenters. The Morgan fingerprint density at radius 2 is 2.11 bits per heavy atom. The molecule has 0 aliphatic heterocycles. The topological polar surface area (TPSA) is 75.4 Å². The average molecular weight is 378 g/mol. The van der Waals surface area contributed by atoms with Crippen LogP contribution in [0.15, 0.2) is 43.0 Å². The summed E-state index contributed by atoms with van der Waals surface area (Å²) in [5, 5.41) is 7.52. The third-order valence-electron chi connectivity index (χ3n) is 6.00. The van der Waals surface area contributed by atoms with E-state index in [1.807, 2.05) is 36.3 Å². The van der Waals surface area contributed by atoms with Gasteiger partial charge in [0.25, 0.3) is 5.91 Å². The van der Waals surface area contributed by atoms with Crippen molar-refractivity contribution in [3.05, 3.63) is 48.5 Å². The highest BCUT2D eigenvalue weighted by atomic mass is 16.1. The van der Waals surface area contributed by atoms with Crippen molar-refractivity contribution in [3.8, 4) is 0 Å². The molecule has 0 bridgehead atoms. The van der Waals surface area contributed by atoms with Crippen LogP contribution < -0.4 is 10.2 Å². The second-order valence-corrected chi connectivity index (χ2v) is 7.73. The third kappa shape index (κ3) is 3.44. The lowest BCUT2D eigenvalue weighted by molar-refractivity contribution is 0.0892. The minimum absolute atomic E-state index is 0.102. The SMILES string of the molecule is CC1CCCC(NC(=O)c2cnn3ccc(N(C)c4cccnc4)nc23)C1C. The van der Waals surface area contributed by atoms with Crippen LogP contribution in [0.4, 0.5) is 11.5 Å². The molecule has 1 aliphatic carbocycles. The summed E-state index contributed by atoms with van der Waals surface area (Å²) in [4.78, 5) is 23.8. The van der Waals surface area contributed by atoms with Crippen molar-refractivity contribution < 1.29 is 4.79 Å². The number of anilines is 2. The summed E-state index contributed by atoms with van der Waals surface area (Å²) >= 11 is 0. The number of rotatable bonds is 4. The fraction of sp³-hybridized carbons (Fsp3) is 0.429. The van der Waals surface area contributed by atoms with Crippen LogP contribution in [0.5, 0.6) is 0 Å². The molecule has 0 radical (unpaired) electrons. The Hall–Kier alpha value is -2.96. The zero-order valence-corrected chi connectivity index (χ0v) is 16.5. The fourth-order valence-electron chi connectivity index (χ4n) is 3.92. The Kier molecular flexibility index (Phi) is 4.98. The normalized spacial score (nSPS) is 22.2. The molecule has 28 heavy (non-hydrogen) atoms. The molecule has 0 spiro atoms. The number of aromatic nitrogens is 4. The Morgan fingerprint density at radius 1 is 1.25 bits per heavy atom. The minimum atomic E-state index is -0.102. The highest BCUT2D eigenvalue weighted by molar-refractivity contribution is 6.00. The first-order valence-corrected chi connectivity index (χ1v) is 9.83. The van der Waals surface area contributed by atoms with Crippen molar-refractivity contribution in [3.63, 3.8) is 0 Å². The monoisotopic (exact) mass is 378 g/mol. The molecule has 1 saturated carbocycles. The van der Waals surface area contributed by atoms with Crippen LogP contribution in [-0.4, -0.2) is 38.6 Å². The van der Waals surface area contributed by atoms with Gasteiger partial charge in [-0.2, -0.15) is 5.10 Å². The van der Waals surface area contributed by atoms with E-state index in [4.69, 9.17) is 4.98 Å². The Morgan fingerprint density at radius 3 is 2.89 bits per heavy atom. The number of hydrogen-bond donors (Lipinski definition) is 1. The molecule has 1 amide bonds. The van der Waals surface area contributed by atoms with E-state index in [0.29, 0.717) is 23.0 Å². The molecule has 3 aromatic heterocycles. The number of carbonyl (C=O) groups is 1. The molecule has 7 nitrogen and oxygen atoms in total. The van der Waals surface area contributed by atoms with Gasteiger partial charge in [0.05, 0.1) is 18.1 Å². The molecule has 1 aliphatic rings. The van der Waals surface area contributed by atoms with E-state index in [2.05, 4.69) is 29.2 Å². The van der Waals surface area contributed by atoms with Crippen LogP contribution >= 0.6 is 0 Å². The second-order valence-electron chi connectivity index (χ2n) is 7.73. The smallest absolute Gasteiger partial charge is 0.256 e. The number of amides is 1. The predicted octanol–water partition coefficient (Wildman–Crippen LogP) is 3.45. The van der Waals surface area contributed by atoms with E-state index in [0.717, 1.165) is 24.3 Å². The van der Waals surface area contributed by atoms with Gasteiger partial charge in [0, 0.05) is 25.5 Å². The van der Waals surface area contributed by atoms with Crippen molar-refractivity contribution >= 4 is 23.1 Å². The van der Waals surface area contributed by atoms with Crippen LogP contribution in [0.2, 0.25) is 0 Å². The quantitative estimate of drug-likeness (QED) is 0.753. The fourth-order valence-corrected chi connectivity index (χ4v) is 3.92. The Labute approximate surface area is 164 Å². The van der Waals surface area contributed by atoms with Crippen LogP contribution in [0.25, 0.3) is 5.65 Å². The number of fused-ring (bicyclic) bond motifs is 1. The maximum atomic E-state index is 13.0. The summed E-state index contributed by atoms with van der Waals surface area (Å²) in [5.74, 6) is 1.73. The van der Waals surface area contributed by atoms with Crippen molar-refractivity contribution in [2.75, 3.05) is 11.9 Å². The van der Waals surface area contributed by atoms with Gasteiger partial charge < -0.3 is 10.2 Å². The number of carbonyl (C=O) groups excluding carboxylic acids is 1. The molecule has 146 valence electrons. The molecular formula is C21H26N6O. The molecule has 3 aromatic rings. The first kappa shape index (κ1) is 18.4. The van der Waals surface area contributed by atoms with Crippen LogP contribution in [0.1, 0.15) is 43.5 Å². The largest absolute Gasteiger partial charge is 0.349 e. The number of pyridine rings is 1. The zero-order chi connectivity index (χ0) is 19.7. The van der Waals surface area contributed by atoms with Gasteiger partial charge in [-0.05, 0) is 36.5 Å². The summed E-state index contributed by atoms with van der Waals surface area (Å²) in [7, 11) is 1.93. The number of nitrogens with one attached hydrogen (secondary N) is 1. The van der Waals surface area contributed by atoms with Crippen molar-refractivity contribution in [1.82, 2.24) is 24.9 Å². The maximum Gasteiger partial charge on any atom is 0.256 e. The van der Waals surface area contributed by atoms with Crippen molar-refractivity contribution in [1.29, 1.82) is 0 Å². The van der Waals surface area contributed by atoms with Crippen LogP contribution in [0, 0.1) is 11.8 Å². The molecule has 0 aromatic carbocycles. The third-order valence-corrected chi connectivity index (χ3v) is 6.00. The summed E-state index contributed by atoms with van der Waals surface area (Å²) < 4.78 is 1.64. The van der Waals surface area contributed by atoms with Gasteiger partial charge >= 0.3 is 0 Å². The molecule has 3 atom stereocenters. The van der Waals surface area contributed by atoms with E-state index < -0.39 is 0 Å². The van der Waals surface area contributed by atoms with E-state index >= 15 is 0 Å². The molecule has 4 rings (SSSR count). The second kappa shape index (κ2) is 7.58. The van der Waals surface area contributed by atoms with Gasteiger partial charge in [-0.25, -0.2) is 9.50 Å². The standard InChI is InChI=1S/C21H26N6O/c1-14-6-4-8-18(15(14)2)24-21(28)17-13-23-27-11-9-19(25-20(17)27)26(3)16-7-5-10-22-12-16/h5,7,9-15,18H,4,6,8H2,1-3H3,(H,24,28). The zero-order valence-electron chi connectivity index (χ0n) is 16.5. The number of nitrogens with zero attached hydrogens (tertiary/aromatic N) is 5. The van der Waals surface area contributed by atoms with Crippen LogP contribution in [-0.2, 0) is 0 Å². The number of hydrogen-bond acceptors (Lipinski definition) is 5. The highest BCUT2D eigenvalue weighted by Crippen LogP contribution is 2.30. The molecule has 3 heterocycles. The van der Waals surface area contributed by atoms with Crippen molar-refractivity contribution in [2.45, 2.75) is 39.2 Å². The minimum Gasteiger partial charge on any atom is -0.349 e. The summed E-state index contributed by atoms with van der Waals surface area (Å²) in [6.45, 7) is 4.49. The highest BCUT2D eigenvalue weighted by Gasteiger charge is 2.29. The Bertz CT molecular complexity index is 969. The Balaban J connectivity index is 1.60. The first-order valence-electron chi connectivity index (χ1n) is 9.83. The molecule has 1 N–H and O–H groups in total. The summed E-state index contributed by atoms with van der Waals surface area (Å²) in [5.41, 5.74) is 1.99. The lowest BCUT2D eigenvalue weighted by Gasteiger charge is -2.34. The molecular weight excluding hydrogens is 352 g/mol.